The molecule has 5 aliphatic heterocycles. The molecule has 7 nitrogen and oxygen atoms in total. The molecule has 0 atom stereocenters. The molecule has 0 unspecified atom stereocenters. The molecule has 0 radical (unpaired) electrons. The van der Waals surface area contributed by atoms with Gasteiger partial charge >= 0.3 is 0 Å². The van der Waals surface area contributed by atoms with Crippen LogP contribution >= 0.6 is 0 Å². The number of aromatic carboxylic acids is 1. The lowest BCUT2D eigenvalue weighted by molar-refractivity contribution is -0.255. The number of hydrogen-bond acceptors (Lipinski definition) is 5. The number of fused-ring (bicyclic) bond motifs is 4. The van der Waals surface area contributed by atoms with E-state index in [1.807, 2.05) is 12.1 Å². The molecule has 210 valence electrons. The van der Waals surface area contributed by atoms with E-state index in [1.165, 1.54) is 33.3 Å². The zero-order chi connectivity index (χ0) is 28.2. The van der Waals surface area contributed by atoms with E-state index in [0.29, 0.717) is 0 Å². The molecule has 0 spiro atoms. The third kappa shape index (κ3) is 4.21. The summed E-state index contributed by atoms with van der Waals surface area (Å²) in [5.74, 6) is -0.0658. The zero-order valence-corrected chi connectivity index (χ0v) is 23.4. The first-order valence-corrected chi connectivity index (χ1v) is 14.9. The number of hydrogen-bond donors (Lipinski definition) is 1. The quantitative estimate of drug-likeness (QED) is 0.386. The van der Waals surface area contributed by atoms with Crippen LogP contribution < -0.4 is 29.9 Å². The number of carboxylic acids is 2. The van der Waals surface area contributed by atoms with Crippen LogP contribution in [0.1, 0.15) is 76.3 Å². The smallest absolute Gasteiger partial charge is 0.300 e. The summed E-state index contributed by atoms with van der Waals surface area (Å²) in [6.07, 6.45) is 8.65. The first kappa shape index (κ1) is 25.8. The highest BCUT2D eigenvalue weighted by Crippen LogP contribution is 2.48. The largest absolute Gasteiger partial charge is 0.545 e. The molecule has 3 aromatic rings. The second-order valence-corrected chi connectivity index (χ2v) is 11.7. The molecule has 8 rings (SSSR count). The van der Waals surface area contributed by atoms with Gasteiger partial charge in [-0.1, -0.05) is 24.3 Å². The van der Waals surface area contributed by atoms with Crippen LogP contribution in [0.3, 0.4) is 0 Å². The van der Waals surface area contributed by atoms with Crippen molar-refractivity contribution in [3.05, 3.63) is 85.9 Å². The lowest BCUT2D eigenvalue weighted by atomic mass is 9.82. The first-order chi connectivity index (χ1) is 19.9. The van der Waals surface area contributed by atoms with Crippen LogP contribution in [0.5, 0.6) is 11.5 Å². The average molecular weight is 551 g/mol. The SMILES string of the molecule is CC(=O)O.O=C([O-])c1ccccc1C1=c2cc3c4c(c2Oc2c1cc1c5c2CCCN5CCC1)CCC[N+]=4CCC3. The Morgan fingerprint density at radius 3 is 2.34 bits per heavy atom. The van der Waals surface area contributed by atoms with Crippen LogP contribution in [0.25, 0.3) is 5.57 Å². The summed E-state index contributed by atoms with van der Waals surface area (Å²) in [6.45, 7) is 5.50. The van der Waals surface area contributed by atoms with Gasteiger partial charge in [0.2, 0.25) is 5.36 Å². The van der Waals surface area contributed by atoms with Crippen LogP contribution in [-0.4, -0.2) is 43.2 Å². The highest BCUT2D eigenvalue weighted by atomic mass is 16.5. The Balaban J connectivity index is 0.000000651. The molecule has 3 aromatic carbocycles. The Morgan fingerprint density at radius 1 is 0.878 bits per heavy atom. The Hall–Kier alpha value is -4.13. The molecule has 0 fully saturated rings. The van der Waals surface area contributed by atoms with Gasteiger partial charge in [0.05, 0.1) is 11.5 Å². The number of carbonyl (C=O) groups excluding carboxylic acids is 1. The average Bonchev–Trinajstić information content (AvgIpc) is 2.97. The number of ether oxygens (including phenoxy) is 1. The molecule has 0 saturated heterocycles. The molecule has 0 saturated carbocycles. The van der Waals surface area contributed by atoms with Gasteiger partial charge < -0.3 is 24.6 Å². The van der Waals surface area contributed by atoms with Crippen LogP contribution in [0, 0.1) is 0 Å². The number of rotatable bonds is 2. The number of aryl methyl sites for hydroxylation is 2. The molecule has 0 amide bonds. The van der Waals surface area contributed by atoms with E-state index in [-0.39, 0.29) is 5.56 Å². The van der Waals surface area contributed by atoms with Crippen LogP contribution in [-0.2, 0) is 30.5 Å². The molecular weight excluding hydrogens is 516 g/mol. The number of carboxylic acid groups (broad SMARTS) is 2. The molecule has 0 aliphatic carbocycles. The summed E-state index contributed by atoms with van der Waals surface area (Å²) >= 11 is 0. The summed E-state index contributed by atoms with van der Waals surface area (Å²) < 4.78 is 9.58. The van der Waals surface area contributed by atoms with Crippen molar-refractivity contribution in [3.8, 4) is 11.5 Å². The monoisotopic (exact) mass is 550 g/mol. The zero-order valence-electron chi connectivity index (χ0n) is 23.4. The summed E-state index contributed by atoms with van der Waals surface area (Å²) in [5.41, 5.74) is 9.78. The molecule has 5 aliphatic rings. The van der Waals surface area contributed by atoms with Crippen molar-refractivity contribution in [1.82, 2.24) is 4.58 Å². The maximum atomic E-state index is 12.3. The van der Waals surface area contributed by atoms with E-state index in [4.69, 9.17) is 14.6 Å². The van der Waals surface area contributed by atoms with E-state index < -0.39 is 11.9 Å². The standard InChI is InChI=1S/C32H30N2O3.C2H4O2/c35-32(36)22-10-2-1-9-21(22)27-25-17-19-7-3-13-33-15-5-11-23(28(19)33)30(25)37-31-24-12-6-16-34-14-4-8-20(29(24)34)18-26(27)31;1-2(3)4/h1-2,9-10,17-18H,3-8,11-16H2;1H3,(H,3,4). The summed E-state index contributed by atoms with van der Waals surface area (Å²) in [5, 5.41) is 22.2. The molecule has 1 N–H and O–H groups in total. The minimum Gasteiger partial charge on any atom is -0.545 e. The van der Waals surface area contributed by atoms with Crippen molar-refractivity contribution in [2.24, 2.45) is 0 Å². The van der Waals surface area contributed by atoms with Crippen molar-refractivity contribution >= 4 is 23.2 Å². The van der Waals surface area contributed by atoms with Gasteiger partial charge in [-0.3, -0.25) is 4.79 Å². The molecule has 0 bridgehead atoms. The first-order valence-electron chi connectivity index (χ1n) is 14.9. The fourth-order valence-corrected chi connectivity index (χ4v) is 7.68. The van der Waals surface area contributed by atoms with E-state index >= 15 is 0 Å². The Morgan fingerprint density at radius 2 is 1.56 bits per heavy atom. The second-order valence-electron chi connectivity index (χ2n) is 11.7. The fourth-order valence-electron chi connectivity index (χ4n) is 7.68. The van der Waals surface area contributed by atoms with E-state index in [9.17, 15) is 9.90 Å². The number of aliphatic carboxylic acids is 1. The van der Waals surface area contributed by atoms with Gasteiger partial charge in [-0.15, -0.1) is 0 Å². The maximum absolute atomic E-state index is 12.3. The van der Waals surface area contributed by atoms with Gasteiger partial charge in [-0.2, -0.15) is 0 Å². The molecule has 41 heavy (non-hydrogen) atoms. The third-order valence-electron chi connectivity index (χ3n) is 9.10. The van der Waals surface area contributed by atoms with Gasteiger partial charge in [0.1, 0.15) is 24.6 Å². The van der Waals surface area contributed by atoms with E-state index in [1.54, 1.807) is 12.1 Å². The fraction of sp³-hybridized carbons (Fsp3) is 0.382. The van der Waals surface area contributed by atoms with Crippen molar-refractivity contribution in [1.29, 1.82) is 0 Å². The normalized spacial score (nSPS) is 17.6. The predicted octanol–water partition coefficient (Wildman–Crippen LogP) is 2.58. The van der Waals surface area contributed by atoms with Crippen LogP contribution in [0.2, 0.25) is 0 Å². The van der Waals surface area contributed by atoms with E-state index in [0.717, 1.165) is 118 Å². The number of benzene rings is 3. The van der Waals surface area contributed by atoms with Gasteiger partial charge in [-0.05, 0) is 61.8 Å². The minimum absolute atomic E-state index is 0.247. The van der Waals surface area contributed by atoms with Crippen LogP contribution in [0.4, 0.5) is 5.69 Å². The van der Waals surface area contributed by atoms with Gasteiger partial charge in [0, 0.05) is 71.6 Å². The van der Waals surface area contributed by atoms with Crippen molar-refractivity contribution in [2.45, 2.75) is 58.3 Å². The maximum Gasteiger partial charge on any atom is 0.300 e. The lowest BCUT2D eigenvalue weighted by Crippen LogP contribution is -2.45. The molecule has 7 heteroatoms. The van der Waals surface area contributed by atoms with Gasteiger partial charge in [-0.25, -0.2) is 4.58 Å². The highest BCUT2D eigenvalue weighted by molar-refractivity contribution is 5.98. The number of carbonyl (C=O) groups is 2. The van der Waals surface area contributed by atoms with Gasteiger partial charge in [0.15, 0.2) is 0 Å². The summed E-state index contributed by atoms with van der Waals surface area (Å²) in [6, 6.07) is 12.0. The van der Waals surface area contributed by atoms with Gasteiger partial charge in [0.25, 0.3) is 5.97 Å². The summed E-state index contributed by atoms with van der Waals surface area (Å²) in [4.78, 5) is 23.9. The topological polar surface area (TPSA) is 92.9 Å². The third-order valence-corrected chi connectivity index (χ3v) is 9.10. The number of anilines is 1. The lowest BCUT2D eigenvalue weighted by Gasteiger charge is -2.39. The predicted molar refractivity (Wildman–Crippen MR) is 154 cm³/mol. The molecule has 0 aromatic heterocycles. The van der Waals surface area contributed by atoms with Crippen molar-refractivity contribution in [2.75, 3.05) is 31.1 Å². The highest BCUT2D eigenvalue weighted by Gasteiger charge is 2.35. The van der Waals surface area contributed by atoms with Crippen molar-refractivity contribution in [3.63, 3.8) is 0 Å². The number of nitrogens with zero attached hydrogens (tertiary/aromatic N) is 2. The minimum atomic E-state index is -1.13. The molecule has 5 heterocycles. The van der Waals surface area contributed by atoms with E-state index in [2.05, 4.69) is 21.6 Å². The van der Waals surface area contributed by atoms with Crippen molar-refractivity contribution < 1.29 is 24.5 Å². The Bertz CT molecular complexity index is 1750. The molecular formula is C34H34N2O5. The summed E-state index contributed by atoms with van der Waals surface area (Å²) in [7, 11) is 0. The van der Waals surface area contributed by atoms with Crippen LogP contribution in [0.15, 0.2) is 36.4 Å². The Kier molecular flexibility index (Phi) is 6.33. The Labute approximate surface area is 239 Å². The second kappa shape index (κ2) is 10.1.